The Morgan fingerprint density at radius 2 is 2.10 bits per heavy atom. The molecule has 0 spiro atoms. The van der Waals surface area contributed by atoms with Gasteiger partial charge in [-0.1, -0.05) is 29.8 Å². The van der Waals surface area contributed by atoms with Gasteiger partial charge in [-0.05, 0) is 37.9 Å². The number of aliphatic hydroxyl groups is 1. The van der Waals surface area contributed by atoms with E-state index < -0.39 is 0 Å². The van der Waals surface area contributed by atoms with Gasteiger partial charge in [-0.3, -0.25) is 4.90 Å². The first-order valence-electron chi connectivity index (χ1n) is 7.42. The lowest BCUT2D eigenvalue weighted by Crippen LogP contribution is -2.34. The van der Waals surface area contributed by atoms with Crippen LogP contribution in [0.4, 0.5) is 0 Å². The van der Waals surface area contributed by atoms with E-state index in [2.05, 4.69) is 22.0 Å². The molecule has 112 valence electrons. The molecule has 0 amide bonds. The Bertz CT molecular complexity index is 594. The molecule has 1 aliphatic rings. The van der Waals surface area contributed by atoms with E-state index in [1.165, 1.54) is 5.56 Å². The third-order valence-corrected chi connectivity index (χ3v) is 4.30. The predicted octanol–water partition coefficient (Wildman–Crippen LogP) is 2.25. The lowest BCUT2D eigenvalue weighted by Gasteiger charge is -2.23. The zero-order valence-electron chi connectivity index (χ0n) is 12.5. The minimum Gasteiger partial charge on any atom is -0.395 e. The second-order valence-electron chi connectivity index (χ2n) is 5.87. The van der Waals surface area contributed by atoms with E-state index in [1.54, 1.807) is 0 Å². The van der Waals surface area contributed by atoms with E-state index in [-0.39, 0.29) is 12.6 Å². The van der Waals surface area contributed by atoms with Gasteiger partial charge in [0.05, 0.1) is 13.2 Å². The van der Waals surface area contributed by atoms with Gasteiger partial charge in [-0.2, -0.15) is 4.98 Å². The van der Waals surface area contributed by atoms with Crippen LogP contribution in [0.15, 0.2) is 28.8 Å². The Hall–Kier alpha value is -1.72. The van der Waals surface area contributed by atoms with Crippen molar-refractivity contribution in [3.63, 3.8) is 0 Å². The first-order chi connectivity index (χ1) is 10.2. The van der Waals surface area contributed by atoms with E-state index in [1.807, 2.05) is 31.2 Å². The molecule has 5 heteroatoms. The quantitative estimate of drug-likeness (QED) is 0.934. The van der Waals surface area contributed by atoms with Crippen molar-refractivity contribution < 1.29 is 9.63 Å². The Morgan fingerprint density at radius 3 is 2.81 bits per heavy atom. The van der Waals surface area contributed by atoms with Crippen molar-refractivity contribution >= 4 is 0 Å². The summed E-state index contributed by atoms with van der Waals surface area (Å²) in [4.78, 5) is 6.70. The number of nitrogens with zero attached hydrogens (tertiary/aromatic N) is 3. The maximum Gasteiger partial charge on any atom is 0.257 e. The average molecular weight is 287 g/mol. The Labute approximate surface area is 124 Å². The van der Waals surface area contributed by atoms with Crippen LogP contribution in [0.3, 0.4) is 0 Å². The van der Waals surface area contributed by atoms with E-state index in [0.29, 0.717) is 24.2 Å². The second kappa shape index (κ2) is 5.95. The summed E-state index contributed by atoms with van der Waals surface area (Å²) < 4.78 is 5.35. The Balaban J connectivity index is 1.72. The minimum atomic E-state index is 0.184. The zero-order chi connectivity index (χ0) is 14.8. The van der Waals surface area contributed by atoms with Gasteiger partial charge in [-0.25, -0.2) is 0 Å². The molecular formula is C16H21N3O2. The smallest absolute Gasteiger partial charge is 0.257 e. The van der Waals surface area contributed by atoms with Crippen LogP contribution in [0, 0.1) is 12.8 Å². The third-order valence-electron chi connectivity index (χ3n) is 4.30. The number of rotatable bonds is 4. The van der Waals surface area contributed by atoms with Crippen LogP contribution >= 0.6 is 0 Å². The summed E-state index contributed by atoms with van der Waals surface area (Å²) in [5, 5.41) is 13.6. The summed E-state index contributed by atoms with van der Waals surface area (Å²) in [5.41, 5.74) is 2.14. The largest absolute Gasteiger partial charge is 0.395 e. The molecule has 1 fully saturated rings. The number of benzene rings is 1. The van der Waals surface area contributed by atoms with E-state index in [4.69, 9.17) is 4.52 Å². The molecule has 1 N–H and O–H groups in total. The Morgan fingerprint density at radius 1 is 1.33 bits per heavy atom. The van der Waals surface area contributed by atoms with Gasteiger partial charge in [0, 0.05) is 11.6 Å². The highest BCUT2D eigenvalue weighted by molar-refractivity contribution is 5.53. The summed E-state index contributed by atoms with van der Waals surface area (Å²) in [5.74, 6) is 1.74. The molecule has 0 bridgehead atoms. The summed E-state index contributed by atoms with van der Waals surface area (Å²) >= 11 is 0. The maximum atomic E-state index is 9.49. The van der Waals surface area contributed by atoms with Crippen molar-refractivity contribution in [1.82, 2.24) is 15.0 Å². The summed E-state index contributed by atoms with van der Waals surface area (Å²) in [6, 6.07) is 8.24. The summed E-state index contributed by atoms with van der Waals surface area (Å²) in [7, 11) is 0. The van der Waals surface area contributed by atoms with Gasteiger partial charge >= 0.3 is 0 Å². The highest BCUT2D eigenvalue weighted by atomic mass is 16.5. The van der Waals surface area contributed by atoms with Crippen molar-refractivity contribution in [2.24, 2.45) is 5.92 Å². The molecular weight excluding hydrogens is 266 g/mol. The van der Waals surface area contributed by atoms with Gasteiger partial charge in [0.1, 0.15) is 0 Å². The number of aryl methyl sites for hydroxylation is 1. The monoisotopic (exact) mass is 287 g/mol. The average Bonchev–Trinajstić information content (AvgIpc) is 3.07. The highest BCUT2D eigenvalue weighted by Crippen LogP contribution is 2.25. The van der Waals surface area contributed by atoms with Crippen LogP contribution in [0.2, 0.25) is 0 Å². The van der Waals surface area contributed by atoms with Crippen LogP contribution in [0.5, 0.6) is 0 Å². The molecule has 5 nitrogen and oxygen atoms in total. The molecule has 21 heavy (non-hydrogen) atoms. The zero-order valence-corrected chi connectivity index (χ0v) is 12.5. The predicted molar refractivity (Wildman–Crippen MR) is 79.5 cm³/mol. The van der Waals surface area contributed by atoms with Gasteiger partial charge in [-0.15, -0.1) is 0 Å². The SMILES string of the molecule is Cc1ccc(-c2nc(CN3CCC(C)C3CO)no2)cc1. The normalized spacial score (nSPS) is 22.8. The highest BCUT2D eigenvalue weighted by Gasteiger charge is 2.31. The molecule has 0 saturated carbocycles. The van der Waals surface area contributed by atoms with Crippen molar-refractivity contribution in [2.45, 2.75) is 32.9 Å². The lowest BCUT2D eigenvalue weighted by molar-refractivity contribution is 0.131. The molecule has 2 aromatic rings. The Kier molecular flexibility index (Phi) is 4.03. The topological polar surface area (TPSA) is 62.4 Å². The molecule has 0 aliphatic carbocycles. The number of hydrogen-bond donors (Lipinski definition) is 1. The van der Waals surface area contributed by atoms with Crippen LogP contribution in [-0.4, -0.2) is 39.3 Å². The van der Waals surface area contributed by atoms with Crippen molar-refractivity contribution in [3.8, 4) is 11.5 Å². The van der Waals surface area contributed by atoms with E-state index in [9.17, 15) is 5.11 Å². The lowest BCUT2D eigenvalue weighted by atomic mass is 10.0. The molecule has 1 aromatic carbocycles. The summed E-state index contributed by atoms with van der Waals surface area (Å²) in [6.07, 6.45) is 1.11. The fourth-order valence-electron chi connectivity index (χ4n) is 2.89. The standard InChI is InChI=1S/C16H21N3O2/c1-11-3-5-13(6-4-11)16-17-15(18-21-16)9-19-8-7-12(2)14(19)10-20/h3-6,12,14,20H,7-10H2,1-2H3. The molecule has 3 rings (SSSR count). The minimum absolute atomic E-state index is 0.184. The fraction of sp³-hybridized carbons (Fsp3) is 0.500. The fourth-order valence-corrected chi connectivity index (χ4v) is 2.89. The van der Waals surface area contributed by atoms with Gasteiger partial charge in [0.15, 0.2) is 5.82 Å². The second-order valence-corrected chi connectivity index (χ2v) is 5.87. The van der Waals surface area contributed by atoms with E-state index in [0.717, 1.165) is 18.5 Å². The van der Waals surface area contributed by atoms with Gasteiger partial charge in [0.25, 0.3) is 5.89 Å². The molecule has 0 radical (unpaired) electrons. The molecule has 1 saturated heterocycles. The molecule has 1 aliphatic heterocycles. The van der Waals surface area contributed by atoms with Gasteiger partial charge in [0.2, 0.25) is 0 Å². The van der Waals surface area contributed by atoms with Crippen LogP contribution in [0.1, 0.15) is 24.7 Å². The maximum absolute atomic E-state index is 9.49. The van der Waals surface area contributed by atoms with Gasteiger partial charge < -0.3 is 9.63 Å². The van der Waals surface area contributed by atoms with Crippen LogP contribution < -0.4 is 0 Å². The van der Waals surface area contributed by atoms with Crippen molar-refractivity contribution in [2.75, 3.05) is 13.2 Å². The van der Waals surface area contributed by atoms with Crippen molar-refractivity contribution in [1.29, 1.82) is 0 Å². The number of hydrogen-bond acceptors (Lipinski definition) is 5. The molecule has 1 aromatic heterocycles. The number of likely N-dealkylation sites (tertiary alicyclic amines) is 1. The first kappa shape index (κ1) is 14.2. The van der Waals surface area contributed by atoms with Crippen molar-refractivity contribution in [3.05, 3.63) is 35.7 Å². The number of aliphatic hydroxyl groups excluding tert-OH is 1. The molecule has 2 heterocycles. The van der Waals surface area contributed by atoms with Crippen LogP contribution in [-0.2, 0) is 6.54 Å². The molecule has 2 unspecified atom stereocenters. The summed E-state index contributed by atoms with van der Waals surface area (Å²) in [6.45, 7) is 6.01. The third kappa shape index (κ3) is 2.99. The van der Waals surface area contributed by atoms with Crippen LogP contribution in [0.25, 0.3) is 11.5 Å². The van der Waals surface area contributed by atoms with E-state index >= 15 is 0 Å². The number of aromatic nitrogens is 2. The first-order valence-corrected chi connectivity index (χ1v) is 7.42. The molecule has 2 atom stereocenters.